The van der Waals surface area contributed by atoms with E-state index in [4.69, 9.17) is 5.73 Å². The SMILES string of the molecule is NCCC1CCC(N=O)CC1. The molecule has 0 radical (unpaired) electrons. The molecule has 1 aliphatic carbocycles. The van der Waals surface area contributed by atoms with E-state index in [1.54, 1.807) is 0 Å². The van der Waals surface area contributed by atoms with Crippen LogP contribution in [0.15, 0.2) is 5.18 Å². The molecular weight excluding hydrogens is 140 g/mol. The highest BCUT2D eigenvalue weighted by atomic mass is 16.3. The monoisotopic (exact) mass is 156 g/mol. The van der Waals surface area contributed by atoms with Crippen molar-refractivity contribution in [3.05, 3.63) is 4.91 Å². The summed E-state index contributed by atoms with van der Waals surface area (Å²) in [5.74, 6) is 0.762. The molecule has 2 N–H and O–H groups in total. The molecule has 0 amide bonds. The maximum absolute atomic E-state index is 10.1. The summed E-state index contributed by atoms with van der Waals surface area (Å²) in [6.07, 6.45) is 5.37. The van der Waals surface area contributed by atoms with Crippen LogP contribution in [0.4, 0.5) is 0 Å². The number of nitrogens with two attached hydrogens (primary N) is 1. The first-order valence-corrected chi connectivity index (χ1v) is 4.39. The van der Waals surface area contributed by atoms with E-state index in [1.807, 2.05) is 0 Å². The van der Waals surface area contributed by atoms with Crippen molar-refractivity contribution < 1.29 is 0 Å². The van der Waals surface area contributed by atoms with Gasteiger partial charge in [-0.3, -0.25) is 0 Å². The minimum absolute atomic E-state index is 0.101. The lowest BCUT2D eigenvalue weighted by Crippen LogP contribution is -2.18. The van der Waals surface area contributed by atoms with Crippen molar-refractivity contribution in [1.82, 2.24) is 0 Å². The molecule has 1 fully saturated rings. The largest absolute Gasteiger partial charge is 0.330 e. The lowest BCUT2D eigenvalue weighted by Gasteiger charge is -2.23. The van der Waals surface area contributed by atoms with Gasteiger partial charge in [-0.25, -0.2) is 0 Å². The third-order valence-corrected chi connectivity index (χ3v) is 2.54. The van der Waals surface area contributed by atoms with Crippen molar-refractivity contribution in [3.8, 4) is 0 Å². The zero-order chi connectivity index (χ0) is 8.10. The Morgan fingerprint density at radius 2 is 1.91 bits per heavy atom. The van der Waals surface area contributed by atoms with E-state index in [0.29, 0.717) is 0 Å². The molecule has 0 aliphatic heterocycles. The third kappa shape index (κ3) is 2.58. The molecule has 3 heteroatoms. The molecule has 0 aromatic carbocycles. The highest BCUT2D eigenvalue weighted by Gasteiger charge is 2.20. The van der Waals surface area contributed by atoms with Crippen LogP contribution in [0.1, 0.15) is 32.1 Å². The summed E-state index contributed by atoms with van der Waals surface area (Å²) in [4.78, 5) is 10.1. The fourth-order valence-corrected chi connectivity index (χ4v) is 1.77. The standard InChI is InChI=1S/C8H16N2O/c9-6-5-7-1-3-8(10-11)4-2-7/h7-8H,1-6,9H2. The number of nitrogens with zero attached hydrogens (tertiary/aromatic N) is 1. The molecule has 0 spiro atoms. The van der Waals surface area contributed by atoms with Crippen LogP contribution in [0.3, 0.4) is 0 Å². The van der Waals surface area contributed by atoms with Gasteiger partial charge < -0.3 is 5.73 Å². The maximum Gasteiger partial charge on any atom is 0.0920 e. The van der Waals surface area contributed by atoms with Crippen LogP contribution < -0.4 is 5.73 Å². The summed E-state index contributed by atoms with van der Waals surface area (Å²) in [7, 11) is 0. The predicted octanol–water partition coefficient (Wildman–Crippen LogP) is 1.66. The molecule has 0 atom stereocenters. The molecule has 1 saturated carbocycles. The quantitative estimate of drug-likeness (QED) is 0.632. The van der Waals surface area contributed by atoms with Gasteiger partial charge in [-0.1, -0.05) is 5.18 Å². The summed E-state index contributed by atoms with van der Waals surface area (Å²) >= 11 is 0. The smallest absolute Gasteiger partial charge is 0.0920 e. The average Bonchev–Trinajstić information content (AvgIpc) is 2.07. The van der Waals surface area contributed by atoms with Crippen molar-refractivity contribution >= 4 is 0 Å². The minimum Gasteiger partial charge on any atom is -0.330 e. The molecule has 1 aliphatic rings. The van der Waals surface area contributed by atoms with E-state index >= 15 is 0 Å². The van der Waals surface area contributed by atoms with Crippen LogP contribution in [0.25, 0.3) is 0 Å². The van der Waals surface area contributed by atoms with Gasteiger partial charge >= 0.3 is 0 Å². The van der Waals surface area contributed by atoms with E-state index in [9.17, 15) is 4.91 Å². The number of rotatable bonds is 3. The topological polar surface area (TPSA) is 55.4 Å². The van der Waals surface area contributed by atoms with Crippen LogP contribution in [0, 0.1) is 10.8 Å². The van der Waals surface area contributed by atoms with Crippen molar-refractivity contribution in [2.75, 3.05) is 6.54 Å². The maximum atomic E-state index is 10.1. The lowest BCUT2D eigenvalue weighted by molar-refractivity contribution is 0.314. The van der Waals surface area contributed by atoms with Crippen LogP contribution in [0.2, 0.25) is 0 Å². The summed E-state index contributed by atoms with van der Waals surface area (Å²) < 4.78 is 0. The van der Waals surface area contributed by atoms with E-state index in [0.717, 1.165) is 44.6 Å². The normalized spacial score (nSPS) is 31.7. The fourth-order valence-electron chi connectivity index (χ4n) is 1.77. The Labute approximate surface area is 67.3 Å². The Bertz CT molecular complexity index is 119. The summed E-state index contributed by atoms with van der Waals surface area (Å²) in [5, 5.41) is 3.06. The van der Waals surface area contributed by atoms with Crippen molar-refractivity contribution in [2.45, 2.75) is 38.1 Å². The molecule has 64 valence electrons. The Morgan fingerprint density at radius 1 is 1.27 bits per heavy atom. The zero-order valence-electron chi connectivity index (χ0n) is 6.83. The molecule has 1 rings (SSSR count). The second-order valence-electron chi connectivity index (χ2n) is 3.36. The Balaban J connectivity index is 2.18. The van der Waals surface area contributed by atoms with Gasteiger partial charge in [0.25, 0.3) is 0 Å². The lowest BCUT2D eigenvalue weighted by atomic mass is 9.84. The first-order chi connectivity index (χ1) is 5.36. The first-order valence-electron chi connectivity index (χ1n) is 4.39. The number of hydrogen-bond donors (Lipinski definition) is 1. The van der Waals surface area contributed by atoms with Crippen LogP contribution in [-0.2, 0) is 0 Å². The number of nitroso groups, excluding NO2 is 1. The number of hydrogen-bond acceptors (Lipinski definition) is 3. The molecule has 0 aromatic heterocycles. The highest BCUT2D eigenvalue weighted by Crippen LogP contribution is 2.27. The van der Waals surface area contributed by atoms with Crippen molar-refractivity contribution in [1.29, 1.82) is 0 Å². The van der Waals surface area contributed by atoms with Crippen LogP contribution in [-0.4, -0.2) is 12.6 Å². The van der Waals surface area contributed by atoms with Gasteiger partial charge in [-0.05, 0) is 44.6 Å². The Hall–Kier alpha value is -0.440. The van der Waals surface area contributed by atoms with E-state index in [1.165, 1.54) is 0 Å². The summed E-state index contributed by atoms with van der Waals surface area (Å²) in [6, 6.07) is 0.101. The Kier molecular flexibility index (Phi) is 3.49. The minimum atomic E-state index is 0.101. The van der Waals surface area contributed by atoms with Gasteiger partial charge in [0, 0.05) is 0 Å². The first kappa shape index (κ1) is 8.65. The van der Waals surface area contributed by atoms with Gasteiger partial charge in [0.2, 0.25) is 0 Å². The van der Waals surface area contributed by atoms with Gasteiger partial charge in [0.1, 0.15) is 0 Å². The van der Waals surface area contributed by atoms with Gasteiger partial charge in [0.15, 0.2) is 0 Å². The zero-order valence-corrected chi connectivity index (χ0v) is 6.83. The third-order valence-electron chi connectivity index (χ3n) is 2.54. The van der Waals surface area contributed by atoms with Crippen LogP contribution >= 0.6 is 0 Å². The second kappa shape index (κ2) is 4.44. The predicted molar refractivity (Wildman–Crippen MR) is 45.2 cm³/mol. The molecule has 11 heavy (non-hydrogen) atoms. The van der Waals surface area contributed by atoms with E-state index < -0.39 is 0 Å². The highest BCUT2D eigenvalue weighted by molar-refractivity contribution is 4.76. The average molecular weight is 156 g/mol. The van der Waals surface area contributed by atoms with Crippen LogP contribution in [0.5, 0.6) is 0 Å². The van der Waals surface area contributed by atoms with Gasteiger partial charge in [0.05, 0.1) is 6.04 Å². The van der Waals surface area contributed by atoms with E-state index in [2.05, 4.69) is 5.18 Å². The van der Waals surface area contributed by atoms with Gasteiger partial charge in [-0.15, -0.1) is 0 Å². The second-order valence-corrected chi connectivity index (χ2v) is 3.36. The molecule has 0 aromatic rings. The fraction of sp³-hybridized carbons (Fsp3) is 1.00. The molecule has 0 saturated heterocycles. The molecular formula is C8H16N2O. The molecule has 0 heterocycles. The molecule has 0 bridgehead atoms. The Morgan fingerprint density at radius 3 is 2.36 bits per heavy atom. The molecule has 3 nitrogen and oxygen atoms in total. The summed E-state index contributed by atoms with van der Waals surface area (Å²) in [5.41, 5.74) is 5.44. The summed E-state index contributed by atoms with van der Waals surface area (Å²) in [6.45, 7) is 0.782. The molecule has 0 unspecified atom stereocenters. The van der Waals surface area contributed by atoms with E-state index in [-0.39, 0.29) is 6.04 Å². The van der Waals surface area contributed by atoms with Crippen molar-refractivity contribution in [2.24, 2.45) is 16.8 Å². The van der Waals surface area contributed by atoms with Crippen molar-refractivity contribution in [3.63, 3.8) is 0 Å². The van der Waals surface area contributed by atoms with Gasteiger partial charge in [-0.2, -0.15) is 4.91 Å².